The lowest BCUT2D eigenvalue weighted by atomic mass is 10.1. The number of aromatic nitrogens is 1. The van der Waals surface area contributed by atoms with Crippen molar-refractivity contribution in [2.45, 2.75) is 18.1 Å². The Morgan fingerprint density at radius 3 is 2.52 bits per heavy atom. The fraction of sp³-hybridized carbons (Fsp3) is 0.222. The van der Waals surface area contributed by atoms with Gasteiger partial charge in [0, 0.05) is 17.5 Å². The Hall–Kier alpha value is -2.07. The van der Waals surface area contributed by atoms with Crippen LogP contribution >= 0.6 is 22.7 Å². The molecule has 0 fully saturated rings. The molecule has 0 unspecified atom stereocenters. The lowest BCUT2D eigenvalue weighted by molar-refractivity contribution is -0.116. The average Bonchev–Trinajstić information content (AvgIpc) is 3.26. The minimum Gasteiger partial charge on any atom is -0.301 e. The van der Waals surface area contributed by atoms with Crippen LogP contribution in [0.4, 0.5) is 5.13 Å². The maximum Gasteiger partial charge on any atom is 0.252 e. The van der Waals surface area contributed by atoms with Crippen LogP contribution in [-0.2, 0) is 14.8 Å². The summed E-state index contributed by atoms with van der Waals surface area (Å²) >= 11 is 2.49. The van der Waals surface area contributed by atoms with E-state index in [0.29, 0.717) is 5.13 Å². The lowest BCUT2D eigenvalue weighted by Crippen LogP contribution is -2.34. The van der Waals surface area contributed by atoms with Crippen LogP contribution in [0.2, 0.25) is 0 Å². The molecule has 0 aliphatic carbocycles. The standard InChI is InChI=1S/C18H19N3O3S3/c1-12-6-8-14(9-7-12)17-13(2)26-18(20-17)19-15(22)11-21(3)27(23,24)16-5-4-10-25-16/h4-10H,11H2,1-3H3,(H,19,20,22). The fourth-order valence-electron chi connectivity index (χ4n) is 2.44. The Morgan fingerprint density at radius 2 is 1.89 bits per heavy atom. The van der Waals surface area contributed by atoms with E-state index in [1.54, 1.807) is 11.4 Å². The predicted molar refractivity (Wildman–Crippen MR) is 110 cm³/mol. The highest BCUT2D eigenvalue weighted by Crippen LogP contribution is 2.30. The minimum atomic E-state index is -3.66. The molecule has 1 aromatic carbocycles. The molecule has 0 saturated heterocycles. The number of likely N-dealkylation sites (N-methyl/N-ethyl adjacent to an activating group) is 1. The summed E-state index contributed by atoms with van der Waals surface area (Å²) in [5.74, 6) is -0.429. The second-order valence-corrected chi connectivity index (χ2v) is 10.5. The van der Waals surface area contributed by atoms with Gasteiger partial charge in [0.15, 0.2) is 5.13 Å². The van der Waals surface area contributed by atoms with Crippen LogP contribution in [0.25, 0.3) is 11.3 Å². The van der Waals surface area contributed by atoms with Crippen LogP contribution in [0, 0.1) is 13.8 Å². The number of carbonyl (C=O) groups excluding carboxylic acids is 1. The van der Waals surface area contributed by atoms with Gasteiger partial charge < -0.3 is 5.32 Å². The topological polar surface area (TPSA) is 79.4 Å². The van der Waals surface area contributed by atoms with Gasteiger partial charge in [-0.05, 0) is 25.3 Å². The molecule has 0 spiro atoms. The highest BCUT2D eigenvalue weighted by Gasteiger charge is 2.24. The number of carbonyl (C=O) groups is 1. The van der Waals surface area contributed by atoms with Crippen molar-refractivity contribution < 1.29 is 13.2 Å². The summed E-state index contributed by atoms with van der Waals surface area (Å²) in [6.45, 7) is 3.68. The van der Waals surface area contributed by atoms with Crippen molar-refractivity contribution in [3.63, 3.8) is 0 Å². The van der Waals surface area contributed by atoms with Crippen LogP contribution in [0.15, 0.2) is 46.0 Å². The smallest absolute Gasteiger partial charge is 0.252 e. The second-order valence-electron chi connectivity index (χ2n) is 6.03. The molecule has 3 rings (SSSR count). The quantitative estimate of drug-likeness (QED) is 0.657. The van der Waals surface area contributed by atoms with Crippen LogP contribution in [0.5, 0.6) is 0 Å². The molecule has 2 aromatic heterocycles. The van der Waals surface area contributed by atoms with Crippen molar-refractivity contribution in [2.24, 2.45) is 0 Å². The van der Waals surface area contributed by atoms with E-state index >= 15 is 0 Å². The molecule has 9 heteroatoms. The molecule has 0 atom stereocenters. The number of thiophene rings is 1. The number of thiazole rings is 1. The van der Waals surface area contributed by atoms with E-state index in [1.165, 1.54) is 24.5 Å². The number of aryl methyl sites for hydroxylation is 2. The van der Waals surface area contributed by atoms with E-state index in [4.69, 9.17) is 0 Å². The number of nitrogens with zero attached hydrogens (tertiary/aromatic N) is 2. The predicted octanol–water partition coefficient (Wildman–Crippen LogP) is 3.75. The van der Waals surface area contributed by atoms with Crippen molar-refractivity contribution >= 4 is 43.7 Å². The van der Waals surface area contributed by atoms with E-state index in [1.807, 2.05) is 38.1 Å². The molecular weight excluding hydrogens is 402 g/mol. The second kappa shape index (κ2) is 7.89. The first-order valence-corrected chi connectivity index (χ1v) is 11.2. The Labute approximate surface area is 166 Å². The van der Waals surface area contributed by atoms with Crippen molar-refractivity contribution in [2.75, 3.05) is 18.9 Å². The number of sulfonamides is 1. The Balaban J connectivity index is 1.70. The third-order valence-corrected chi connectivity index (χ3v) is 7.96. The van der Waals surface area contributed by atoms with Gasteiger partial charge in [0.25, 0.3) is 10.0 Å². The average molecular weight is 422 g/mol. The molecule has 0 bridgehead atoms. The van der Waals surface area contributed by atoms with Gasteiger partial charge in [0.2, 0.25) is 5.91 Å². The van der Waals surface area contributed by atoms with E-state index in [0.717, 1.165) is 37.3 Å². The van der Waals surface area contributed by atoms with Gasteiger partial charge in [-0.25, -0.2) is 13.4 Å². The number of hydrogen-bond donors (Lipinski definition) is 1. The lowest BCUT2D eigenvalue weighted by Gasteiger charge is -2.15. The molecule has 0 radical (unpaired) electrons. The Morgan fingerprint density at radius 1 is 1.19 bits per heavy atom. The number of nitrogens with one attached hydrogen (secondary N) is 1. The molecule has 0 aliphatic heterocycles. The number of anilines is 1. The zero-order valence-corrected chi connectivity index (χ0v) is 17.5. The van der Waals surface area contributed by atoms with Gasteiger partial charge in [-0.15, -0.1) is 22.7 Å². The summed E-state index contributed by atoms with van der Waals surface area (Å²) in [6, 6.07) is 11.2. The maximum absolute atomic E-state index is 12.4. The molecule has 1 N–H and O–H groups in total. The summed E-state index contributed by atoms with van der Waals surface area (Å²) in [6.07, 6.45) is 0. The van der Waals surface area contributed by atoms with E-state index in [-0.39, 0.29) is 10.8 Å². The van der Waals surface area contributed by atoms with Crippen molar-refractivity contribution in [1.29, 1.82) is 0 Å². The number of rotatable bonds is 6. The number of benzene rings is 1. The Bertz CT molecular complexity index is 1040. The normalized spacial score (nSPS) is 11.7. The summed E-state index contributed by atoms with van der Waals surface area (Å²) in [7, 11) is -2.27. The molecule has 142 valence electrons. The molecule has 0 saturated carbocycles. The maximum atomic E-state index is 12.4. The highest BCUT2D eigenvalue weighted by molar-refractivity contribution is 7.91. The summed E-state index contributed by atoms with van der Waals surface area (Å²) in [4.78, 5) is 17.8. The van der Waals surface area contributed by atoms with E-state index in [9.17, 15) is 13.2 Å². The van der Waals surface area contributed by atoms with Crippen LogP contribution < -0.4 is 5.32 Å². The van der Waals surface area contributed by atoms with Gasteiger partial charge in [-0.2, -0.15) is 4.31 Å². The van der Waals surface area contributed by atoms with Crippen LogP contribution in [0.1, 0.15) is 10.4 Å². The zero-order chi connectivity index (χ0) is 19.6. The molecular formula is C18H19N3O3S3. The highest BCUT2D eigenvalue weighted by atomic mass is 32.2. The molecule has 0 aliphatic rings. The number of hydrogen-bond acceptors (Lipinski definition) is 6. The molecule has 6 nitrogen and oxygen atoms in total. The summed E-state index contributed by atoms with van der Waals surface area (Å²) < 4.78 is 26.0. The third kappa shape index (κ3) is 4.44. The fourth-order valence-corrected chi connectivity index (χ4v) is 5.62. The third-order valence-electron chi connectivity index (χ3n) is 3.89. The summed E-state index contributed by atoms with van der Waals surface area (Å²) in [5, 5.41) is 4.84. The van der Waals surface area contributed by atoms with Gasteiger partial charge in [-0.3, -0.25) is 4.79 Å². The van der Waals surface area contributed by atoms with Crippen LogP contribution in [-0.4, -0.2) is 37.2 Å². The van der Waals surface area contributed by atoms with E-state index in [2.05, 4.69) is 10.3 Å². The summed E-state index contributed by atoms with van der Waals surface area (Å²) in [5.41, 5.74) is 2.96. The number of amides is 1. The van der Waals surface area contributed by atoms with Crippen molar-refractivity contribution in [3.05, 3.63) is 52.2 Å². The first kappa shape index (κ1) is 19.7. The first-order chi connectivity index (χ1) is 12.8. The zero-order valence-electron chi connectivity index (χ0n) is 15.1. The molecule has 2 heterocycles. The van der Waals surface area contributed by atoms with Crippen LogP contribution in [0.3, 0.4) is 0 Å². The van der Waals surface area contributed by atoms with Crippen molar-refractivity contribution in [1.82, 2.24) is 9.29 Å². The van der Waals surface area contributed by atoms with Gasteiger partial charge in [0.1, 0.15) is 4.21 Å². The largest absolute Gasteiger partial charge is 0.301 e. The SMILES string of the molecule is Cc1ccc(-c2nc(NC(=O)CN(C)S(=O)(=O)c3cccs3)sc2C)cc1. The first-order valence-electron chi connectivity index (χ1n) is 8.11. The van der Waals surface area contributed by atoms with Gasteiger partial charge in [0.05, 0.1) is 12.2 Å². The van der Waals surface area contributed by atoms with Gasteiger partial charge in [-0.1, -0.05) is 35.9 Å². The molecule has 27 heavy (non-hydrogen) atoms. The molecule has 3 aromatic rings. The van der Waals surface area contributed by atoms with Crippen molar-refractivity contribution in [3.8, 4) is 11.3 Å². The van der Waals surface area contributed by atoms with Gasteiger partial charge >= 0.3 is 0 Å². The monoisotopic (exact) mass is 421 g/mol. The Kier molecular flexibility index (Phi) is 5.75. The minimum absolute atomic E-state index is 0.213. The van der Waals surface area contributed by atoms with E-state index < -0.39 is 15.9 Å². The molecule has 1 amide bonds.